The van der Waals surface area contributed by atoms with Gasteiger partial charge in [-0.25, -0.2) is 0 Å². The Morgan fingerprint density at radius 1 is 1.28 bits per heavy atom. The predicted molar refractivity (Wildman–Crippen MR) is 68.4 cm³/mol. The van der Waals surface area contributed by atoms with Gasteiger partial charge in [0.05, 0.1) is 18.0 Å². The van der Waals surface area contributed by atoms with Gasteiger partial charge in [-0.1, -0.05) is 19.1 Å². The van der Waals surface area contributed by atoms with Crippen LogP contribution in [0.5, 0.6) is 0 Å². The van der Waals surface area contributed by atoms with E-state index in [0.29, 0.717) is 5.76 Å². The first-order valence-electron chi connectivity index (χ1n) is 5.56. The van der Waals surface area contributed by atoms with Gasteiger partial charge in [0, 0.05) is 0 Å². The third-order valence-electron chi connectivity index (χ3n) is 2.48. The minimum Gasteiger partial charge on any atom is -0.400 e. The van der Waals surface area contributed by atoms with Gasteiger partial charge < -0.3 is 4.42 Å². The van der Waals surface area contributed by atoms with Crippen molar-refractivity contribution in [3.05, 3.63) is 57.8 Å². The Labute approximate surface area is 104 Å². The van der Waals surface area contributed by atoms with Gasteiger partial charge in [0.25, 0.3) is 0 Å². The summed E-state index contributed by atoms with van der Waals surface area (Å²) in [6.45, 7) is 2.08. The Bertz CT molecular complexity index is 570. The van der Waals surface area contributed by atoms with Crippen LogP contribution in [-0.2, 0) is 6.42 Å². The number of furan rings is 1. The quantitative estimate of drug-likeness (QED) is 0.469. The number of aryl methyl sites for hydroxylation is 1. The summed E-state index contributed by atoms with van der Waals surface area (Å²) >= 11 is 0. The van der Waals surface area contributed by atoms with Gasteiger partial charge in [-0.15, -0.1) is 0 Å². The highest BCUT2D eigenvalue weighted by Gasteiger charge is 2.09. The fraction of sp³-hybridized carbons (Fsp3) is 0.154. The van der Waals surface area contributed by atoms with Crippen LogP contribution in [0.15, 0.2) is 45.8 Å². The standard InChI is InChI=1S/C13H12N2O3/c1-2-10-3-5-11(6-4-10)14-9-12-7-8-13(18-12)15(16)17/h3-9H,2H2,1H3. The Morgan fingerprint density at radius 3 is 2.56 bits per heavy atom. The second-order valence-electron chi connectivity index (χ2n) is 3.71. The van der Waals surface area contributed by atoms with Crippen LogP contribution in [-0.4, -0.2) is 11.1 Å². The predicted octanol–water partition coefficient (Wildman–Crippen LogP) is 3.50. The van der Waals surface area contributed by atoms with Crippen molar-refractivity contribution in [2.45, 2.75) is 13.3 Å². The molecule has 5 heteroatoms. The van der Waals surface area contributed by atoms with Crippen LogP contribution >= 0.6 is 0 Å². The molecule has 18 heavy (non-hydrogen) atoms. The Hall–Kier alpha value is -2.43. The van der Waals surface area contributed by atoms with Crippen LogP contribution in [0.25, 0.3) is 0 Å². The second-order valence-corrected chi connectivity index (χ2v) is 3.71. The van der Waals surface area contributed by atoms with Crippen LogP contribution in [0.3, 0.4) is 0 Å². The van der Waals surface area contributed by atoms with Gasteiger partial charge in [-0.05, 0) is 30.2 Å². The van der Waals surface area contributed by atoms with Crippen molar-refractivity contribution in [1.29, 1.82) is 0 Å². The lowest BCUT2D eigenvalue weighted by Crippen LogP contribution is -1.83. The summed E-state index contributed by atoms with van der Waals surface area (Å²) in [5, 5.41) is 10.4. The number of hydrogen-bond donors (Lipinski definition) is 0. The molecule has 0 aliphatic carbocycles. The molecule has 1 aromatic heterocycles. The first-order valence-corrected chi connectivity index (χ1v) is 5.56. The van der Waals surface area contributed by atoms with E-state index in [0.717, 1.165) is 12.1 Å². The lowest BCUT2D eigenvalue weighted by atomic mass is 10.1. The number of benzene rings is 1. The Kier molecular flexibility index (Phi) is 3.52. The van der Waals surface area contributed by atoms with Crippen molar-refractivity contribution in [3.63, 3.8) is 0 Å². The normalized spacial score (nSPS) is 10.9. The molecule has 0 saturated heterocycles. The molecule has 5 nitrogen and oxygen atoms in total. The summed E-state index contributed by atoms with van der Waals surface area (Å²) in [7, 11) is 0. The van der Waals surface area contributed by atoms with E-state index in [-0.39, 0.29) is 5.88 Å². The van der Waals surface area contributed by atoms with Gasteiger partial charge in [0.1, 0.15) is 4.92 Å². The highest BCUT2D eigenvalue weighted by Crippen LogP contribution is 2.16. The van der Waals surface area contributed by atoms with Gasteiger partial charge in [-0.3, -0.25) is 15.1 Å². The summed E-state index contributed by atoms with van der Waals surface area (Å²) in [4.78, 5) is 14.0. The monoisotopic (exact) mass is 244 g/mol. The first-order chi connectivity index (χ1) is 8.69. The molecule has 92 valence electrons. The zero-order valence-electron chi connectivity index (χ0n) is 9.87. The van der Waals surface area contributed by atoms with Crippen LogP contribution in [0.1, 0.15) is 18.2 Å². The van der Waals surface area contributed by atoms with Crippen molar-refractivity contribution in [3.8, 4) is 0 Å². The zero-order chi connectivity index (χ0) is 13.0. The van der Waals surface area contributed by atoms with E-state index in [2.05, 4.69) is 11.9 Å². The molecular formula is C13H12N2O3. The minimum absolute atomic E-state index is 0.280. The average molecular weight is 244 g/mol. The molecule has 0 fully saturated rings. The first kappa shape index (κ1) is 12.0. The van der Waals surface area contributed by atoms with Gasteiger partial charge >= 0.3 is 5.88 Å². The van der Waals surface area contributed by atoms with E-state index in [1.165, 1.54) is 23.9 Å². The van der Waals surface area contributed by atoms with E-state index in [4.69, 9.17) is 4.42 Å². The van der Waals surface area contributed by atoms with Crippen molar-refractivity contribution in [2.24, 2.45) is 4.99 Å². The summed E-state index contributed by atoms with van der Waals surface area (Å²) in [6, 6.07) is 10.6. The molecule has 1 aromatic carbocycles. The molecule has 0 atom stereocenters. The molecule has 0 unspecified atom stereocenters. The lowest BCUT2D eigenvalue weighted by molar-refractivity contribution is -0.402. The smallest absolute Gasteiger partial charge is 0.400 e. The third-order valence-corrected chi connectivity index (χ3v) is 2.48. The number of hydrogen-bond acceptors (Lipinski definition) is 4. The maximum atomic E-state index is 10.4. The molecule has 0 spiro atoms. The SMILES string of the molecule is CCc1ccc(N=Cc2ccc([N+](=O)[O-])o2)cc1. The number of nitrogens with zero attached hydrogens (tertiary/aromatic N) is 2. The van der Waals surface area contributed by atoms with E-state index in [1.54, 1.807) is 0 Å². The third kappa shape index (κ3) is 2.82. The maximum absolute atomic E-state index is 10.4. The van der Waals surface area contributed by atoms with Gasteiger partial charge in [-0.2, -0.15) is 0 Å². The van der Waals surface area contributed by atoms with Gasteiger partial charge in [0.2, 0.25) is 0 Å². The number of rotatable bonds is 4. The van der Waals surface area contributed by atoms with Crippen molar-refractivity contribution in [2.75, 3.05) is 0 Å². The Balaban J connectivity index is 2.11. The highest BCUT2D eigenvalue weighted by atomic mass is 16.6. The molecule has 0 saturated carbocycles. The molecule has 2 aromatic rings. The van der Waals surface area contributed by atoms with E-state index in [1.807, 2.05) is 24.3 Å². The van der Waals surface area contributed by atoms with Crippen molar-refractivity contribution in [1.82, 2.24) is 0 Å². The van der Waals surface area contributed by atoms with E-state index >= 15 is 0 Å². The maximum Gasteiger partial charge on any atom is 0.433 e. The van der Waals surface area contributed by atoms with Crippen LogP contribution in [0.2, 0.25) is 0 Å². The lowest BCUT2D eigenvalue weighted by Gasteiger charge is -1.96. The summed E-state index contributed by atoms with van der Waals surface area (Å²) in [5.41, 5.74) is 2.02. The molecule has 0 radical (unpaired) electrons. The zero-order valence-corrected chi connectivity index (χ0v) is 9.87. The van der Waals surface area contributed by atoms with Crippen molar-refractivity contribution >= 4 is 17.8 Å². The summed E-state index contributed by atoms with van der Waals surface area (Å²) < 4.78 is 4.96. The topological polar surface area (TPSA) is 68.6 Å². The number of aliphatic imine (C=N–C) groups is 1. The fourth-order valence-corrected chi connectivity index (χ4v) is 1.47. The number of nitro groups is 1. The molecule has 0 bridgehead atoms. The fourth-order valence-electron chi connectivity index (χ4n) is 1.47. The molecule has 0 amide bonds. The molecule has 0 aliphatic rings. The summed E-state index contributed by atoms with van der Waals surface area (Å²) in [5.74, 6) is 0.0825. The van der Waals surface area contributed by atoms with Crippen LogP contribution in [0, 0.1) is 10.1 Å². The molecule has 0 aliphatic heterocycles. The average Bonchev–Trinajstić information content (AvgIpc) is 2.86. The second kappa shape index (κ2) is 5.27. The highest BCUT2D eigenvalue weighted by molar-refractivity contribution is 5.78. The molecule has 2 rings (SSSR count). The van der Waals surface area contributed by atoms with E-state index < -0.39 is 4.92 Å². The molecule has 0 N–H and O–H groups in total. The van der Waals surface area contributed by atoms with Crippen LogP contribution in [0.4, 0.5) is 11.6 Å². The van der Waals surface area contributed by atoms with Crippen LogP contribution < -0.4 is 0 Å². The largest absolute Gasteiger partial charge is 0.433 e. The van der Waals surface area contributed by atoms with E-state index in [9.17, 15) is 10.1 Å². The van der Waals surface area contributed by atoms with Crippen molar-refractivity contribution < 1.29 is 9.34 Å². The summed E-state index contributed by atoms with van der Waals surface area (Å²) in [6.07, 6.45) is 2.45. The Morgan fingerprint density at radius 2 is 2.00 bits per heavy atom. The molecular weight excluding hydrogens is 232 g/mol. The molecule has 1 heterocycles. The van der Waals surface area contributed by atoms with Gasteiger partial charge in [0.15, 0.2) is 5.76 Å². The minimum atomic E-state index is -0.576.